The van der Waals surface area contributed by atoms with Gasteiger partial charge in [-0.3, -0.25) is 9.59 Å². The highest BCUT2D eigenvalue weighted by molar-refractivity contribution is 9.10. The highest BCUT2D eigenvalue weighted by atomic mass is 79.9. The van der Waals surface area contributed by atoms with E-state index in [0.29, 0.717) is 52.4 Å². The molecule has 1 saturated heterocycles. The van der Waals surface area contributed by atoms with E-state index in [1.165, 1.54) is 19.1 Å². The summed E-state index contributed by atoms with van der Waals surface area (Å²) in [7, 11) is 3.07. The second kappa shape index (κ2) is 11.5. The molecule has 1 amide bonds. The van der Waals surface area contributed by atoms with Crippen molar-refractivity contribution in [3.05, 3.63) is 93.5 Å². The Morgan fingerprint density at radius 2 is 1.65 bits per heavy atom. The summed E-state index contributed by atoms with van der Waals surface area (Å²) in [4.78, 5) is 27.7. The highest BCUT2D eigenvalue weighted by Gasteiger charge is 2.46. The fourth-order valence-electron chi connectivity index (χ4n) is 4.38. The number of halogens is 1. The molecular weight excluding hydrogens is 538 g/mol. The predicted octanol–water partition coefficient (Wildman–Crippen LogP) is 5.88. The van der Waals surface area contributed by atoms with Gasteiger partial charge in [0.2, 0.25) is 0 Å². The normalized spacial score (nSPS) is 16.6. The summed E-state index contributed by atoms with van der Waals surface area (Å²) in [6, 6.07) is 19.3. The van der Waals surface area contributed by atoms with E-state index in [9.17, 15) is 14.7 Å². The van der Waals surface area contributed by atoms with E-state index >= 15 is 0 Å². The topological polar surface area (TPSA) is 85.3 Å². The van der Waals surface area contributed by atoms with Crippen LogP contribution in [0.4, 0.5) is 0 Å². The number of rotatable bonds is 9. The molecule has 3 aromatic carbocycles. The van der Waals surface area contributed by atoms with Crippen LogP contribution in [0.15, 0.2) is 76.8 Å². The molecule has 37 heavy (non-hydrogen) atoms. The number of hydrogen-bond donors (Lipinski definition) is 1. The van der Waals surface area contributed by atoms with Crippen molar-refractivity contribution in [1.29, 1.82) is 0 Å². The van der Waals surface area contributed by atoms with Crippen LogP contribution in [-0.4, -0.2) is 42.5 Å². The first-order valence-electron chi connectivity index (χ1n) is 11.9. The molecule has 1 N–H and O–H groups in total. The maximum Gasteiger partial charge on any atom is 0.295 e. The summed E-state index contributed by atoms with van der Waals surface area (Å²) in [5.74, 6) is -0.0658. The number of aliphatic hydroxyl groups excluding tert-OH is 1. The van der Waals surface area contributed by atoms with E-state index in [1.807, 2.05) is 37.3 Å². The monoisotopic (exact) mass is 565 g/mol. The van der Waals surface area contributed by atoms with Gasteiger partial charge in [-0.15, -0.1) is 0 Å². The van der Waals surface area contributed by atoms with Gasteiger partial charge in [0.25, 0.3) is 11.7 Å². The number of methoxy groups -OCH3 is 2. The zero-order valence-corrected chi connectivity index (χ0v) is 22.4. The summed E-state index contributed by atoms with van der Waals surface area (Å²) < 4.78 is 17.4. The second-order valence-electron chi connectivity index (χ2n) is 8.53. The van der Waals surface area contributed by atoms with Gasteiger partial charge in [0.05, 0.1) is 30.3 Å². The van der Waals surface area contributed by atoms with E-state index in [0.717, 1.165) is 5.56 Å². The average molecular weight is 566 g/mol. The number of hydrogen-bond acceptors (Lipinski definition) is 6. The van der Waals surface area contributed by atoms with Gasteiger partial charge in [0.15, 0.2) is 11.5 Å². The molecule has 0 spiro atoms. The van der Waals surface area contributed by atoms with Crippen LogP contribution >= 0.6 is 15.9 Å². The Balaban J connectivity index is 1.76. The van der Waals surface area contributed by atoms with Crippen molar-refractivity contribution in [3.63, 3.8) is 0 Å². The molecule has 4 rings (SSSR count). The van der Waals surface area contributed by atoms with E-state index in [4.69, 9.17) is 14.2 Å². The summed E-state index contributed by atoms with van der Waals surface area (Å²) in [6.07, 6.45) is 0.646. The quantitative estimate of drug-likeness (QED) is 0.198. The van der Waals surface area contributed by atoms with Crippen LogP contribution in [0.25, 0.3) is 5.76 Å². The average Bonchev–Trinajstić information content (AvgIpc) is 3.17. The summed E-state index contributed by atoms with van der Waals surface area (Å²) >= 11 is 3.41. The molecule has 1 aliphatic heterocycles. The van der Waals surface area contributed by atoms with Gasteiger partial charge in [-0.2, -0.15) is 0 Å². The first-order valence-corrected chi connectivity index (χ1v) is 12.7. The third kappa shape index (κ3) is 5.34. The van der Waals surface area contributed by atoms with Gasteiger partial charge in [-0.1, -0.05) is 43.3 Å². The molecular formula is C29H28BrNO6. The van der Waals surface area contributed by atoms with Crippen LogP contribution in [0, 0.1) is 0 Å². The number of nitrogens with zero attached hydrogens (tertiary/aromatic N) is 1. The number of benzene rings is 3. The lowest BCUT2D eigenvalue weighted by atomic mass is 9.95. The van der Waals surface area contributed by atoms with Crippen molar-refractivity contribution in [1.82, 2.24) is 4.90 Å². The molecule has 1 unspecified atom stereocenters. The molecule has 0 bridgehead atoms. The molecule has 1 fully saturated rings. The third-order valence-corrected chi connectivity index (χ3v) is 6.79. The summed E-state index contributed by atoms with van der Waals surface area (Å²) in [5.41, 5.74) is 2.05. The van der Waals surface area contributed by atoms with Gasteiger partial charge in [-0.05, 0) is 63.8 Å². The Bertz CT molecular complexity index is 1340. The molecule has 0 saturated carbocycles. The van der Waals surface area contributed by atoms with Crippen LogP contribution in [0.1, 0.15) is 36.1 Å². The molecule has 1 aliphatic rings. The number of carbonyl (C=O) groups excluding carboxylic acids is 2. The fourth-order valence-corrected chi connectivity index (χ4v) is 4.92. The Hall–Kier alpha value is -3.78. The van der Waals surface area contributed by atoms with Gasteiger partial charge >= 0.3 is 0 Å². The molecule has 0 aromatic heterocycles. The zero-order valence-electron chi connectivity index (χ0n) is 20.9. The lowest BCUT2D eigenvalue weighted by Crippen LogP contribution is -2.30. The van der Waals surface area contributed by atoms with Crippen LogP contribution in [0.5, 0.6) is 17.2 Å². The molecule has 7 nitrogen and oxygen atoms in total. The Kier molecular flexibility index (Phi) is 8.18. The largest absolute Gasteiger partial charge is 0.507 e. The minimum absolute atomic E-state index is 0.0236. The maximum absolute atomic E-state index is 13.2. The zero-order chi connectivity index (χ0) is 26.5. The highest BCUT2D eigenvalue weighted by Crippen LogP contribution is 2.42. The predicted molar refractivity (Wildman–Crippen MR) is 144 cm³/mol. The first kappa shape index (κ1) is 26.3. The van der Waals surface area contributed by atoms with Crippen molar-refractivity contribution < 1.29 is 28.9 Å². The number of Topliss-reactive ketones (excluding diaryl/α,β-unsaturated/α-hetero) is 1. The lowest BCUT2D eigenvalue weighted by Gasteiger charge is -2.25. The van der Waals surface area contributed by atoms with Crippen LogP contribution < -0.4 is 14.2 Å². The Labute approximate surface area is 224 Å². The standard InChI is InChI=1S/C29H28BrNO6/c1-4-14-31-26(19-10-13-23(24(16-19)36-3)37-17-18-8-6-5-7-9-18)25(28(33)29(31)34)27(32)20-11-12-22(35-2)21(30)15-20/h5-13,15-16,26,32H,4,14,17H2,1-3H3/b27-25-. The van der Waals surface area contributed by atoms with Crippen LogP contribution in [0.2, 0.25) is 0 Å². The Morgan fingerprint density at radius 3 is 2.30 bits per heavy atom. The molecule has 0 radical (unpaired) electrons. The van der Waals surface area contributed by atoms with Gasteiger partial charge in [0, 0.05) is 12.1 Å². The molecule has 8 heteroatoms. The molecule has 192 valence electrons. The minimum atomic E-state index is -0.780. The third-order valence-electron chi connectivity index (χ3n) is 6.17. The van der Waals surface area contributed by atoms with E-state index in [1.54, 1.807) is 36.4 Å². The number of ether oxygens (including phenoxy) is 3. The van der Waals surface area contributed by atoms with E-state index in [2.05, 4.69) is 15.9 Å². The fraction of sp³-hybridized carbons (Fsp3) is 0.241. The van der Waals surface area contributed by atoms with E-state index in [-0.39, 0.29) is 11.3 Å². The van der Waals surface area contributed by atoms with Crippen molar-refractivity contribution >= 4 is 33.4 Å². The van der Waals surface area contributed by atoms with E-state index < -0.39 is 17.7 Å². The molecule has 3 aromatic rings. The number of aliphatic hydroxyl groups is 1. The minimum Gasteiger partial charge on any atom is -0.507 e. The molecule has 0 aliphatic carbocycles. The smallest absolute Gasteiger partial charge is 0.295 e. The van der Waals surface area contributed by atoms with Crippen molar-refractivity contribution in [2.24, 2.45) is 0 Å². The second-order valence-corrected chi connectivity index (χ2v) is 9.38. The number of amides is 1. The van der Waals surface area contributed by atoms with Crippen molar-refractivity contribution in [2.45, 2.75) is 26.0 Å². The number of likely N-dealkylation sites (tertiary alicyclic amines) is 1. The van der Waals surface area contributed by atoms with Gasteiger partial charge in [0.1, 0.15) is 18.1 Å². The van der Waals surface area contributed by atoms with Crippen LogP contribution in [0.3, 0.4) is 0 Å². The lowest BCUT2D eigenvalue weighted by molar-refractivity contribution is -0.139. The number of carbonyl (C=O) groups is 2. The Morgan fingerprint density at radius 1 is 0.946 bits per heavy atom. The van der Waals surface area contributed by atoms with Crippen LogP contribution in [-0.2, 0) is 16.2 Å². The first-order chi connectivity index (χ1) is 17.9. The van der Waals surface area contributed by atoms with Crippen molar-refractivity contribution in [3.8, 4) is 17.2 Å². The summed E-state index contributed by atoms with van der Waals surface area (Å²) in [6.45, 7) is 2.64. The number of ketones is 1. The molecule has 1 atom stereocenters. The SMILES string of the molecule is CCCN1C(=O)C(=O)/C(=C(\O)c2ccc(OC)c(Br)c2)C1c1ccc(OCc2ccccc2)c(OC)c1. The van der Waals surface area contributed by atoms with Crippen molar-refractivity contribution in [2.75, 3.05) is 20.8 Å². The van der Waals surface area contributed by atoms with Gasteiger partial charge < -0.3 is 24.2 Å². The molecule has 1 heterocycles. The maximum atomic E-state index is 13.2. The summed E-state index contributed by atoms with van der Waals surface area (Å²) in [5, 5.41) is 11.3. The van der Waals surface area contributed by atoms with Gasteiger partial charge in [-0.25, -0.2) is 0 Å².